The minimum atomic E-state index is 0.0828. The van der Waals surface area contributed by atoms with Crippen molar-refractivity contribution in [1.29, 1.82) is 0 Å². The lowest BCUT2D eigenvalue weighted by molar-refractivity contribution is 0.304. The molecule has 0 fully saturated rings. The summed E-state index contributed by atoms with van der Waals surface area (Å²) < 4.78 is 1.76. The molecule has 0 aliphatic rings. The Balaban J connectivity index is 2.03. The van der Waals surface area contributed by atoms with Crippen LogP contribution in [0.25, 0.3) is 16.9 Å². The summed E-state index contributed by atoms with van der Waals surface area (Å²) in [6, 6.07) is 9.82. The number of hydrogen-bond donors (Lipinski definition) is 1. The van der Waals surface area contributed by atoms with E-state index in [4.69, 9.17) is 5.11 Å². The van der Waals surface area contributed by atoms with Crippen LogP contribution >= 0.6 is 0 Å². The van der Waals surface area contributed by atoms with Gasteiger partial charge in [-0.2, -0.15) is 5.10 Å². The number of anilines is 1. The van der Waals surface area contributed by atoms with Gasteiger partial charge in [-0.15, -0.1) is 0 Å². The second kappa shape index (κ2) is 5.26. The van der Waals surface area contributed by atoms with E-state index in [1.165, 1.54) is 0 Å². The monoisotopic (exact) mass is 269 g/mol. The Morgan fingerprint density at radius 1 is 1.20 bits per heavy atom. The van der Waals surface area contributed by atoms with Gasteiger partial charge >= 0.3 is 0 Å². The Bertz CT molecular complexity index is 710. The molecular weight excluding hydrogens is 254 g/mol. The van der Waals surface area contributed by atoms with E-state index < -0.39 is 0 Å². The highest BCUT2D eigenvalue weighted by molar-refractivity contribution is 5.73. The fourth-order valence-corrected chi connectivity index (χ4v) is 2.01. The van der Waals surface area contributed by atoms with Crippen LogP contribution in [0.2, 0.25) is 0 Å². The molecule has 0 saturated carbocycles. The molecule has 1 N–H and O–H groups in total. The summed E-state index contributed by atoms with van der Waals surface area (Å²) in [5, 5.41) is 13.3. The van der Waals surface area contributed by atoms with Gasteiger partial charge in [0.05, 0.1) is 24.7 Å². The second-order valence-electron chi connectivity index (χ2n) is 4.47. The van der Waals surface area contributed by atoms with Crippen molar-refractivity contribution in [2.24, 2.45) is 0 Å². The summed E-state index contributed by atoms with van der Waals surface area (Å²) in [6.07, 6.45) is 3.39. The van der Waals surface area contributed by atoms with Crippen molar-refractivity contribution >= 4 is 17.0 Å². The highest BCUT2D eigenvalue weighted by Gasteiger charge is 2.10. The number of aliphatic hydroxyl groups excluding tert-OH is 1. The molecule has 3 rings (SSSR count). The zero-order valence-corrected chi connectivity index (χ0v) is 11.1. The molecule has 0 radical (unpaired) electrons. The molecule has 0 atom stereocenters. The van der Waals surface area contributed by atoms with Gasteiger partial charge in [-0.3, -0.25) is 0 Å². The SMILES string of the molecule is CN(CCO)c1cnc2c(cnn2-c2ccccc2)n1. The Morgan fingerprint density at radius 3 is 2.75 bits per heavy atom. The Morgan fingerprint density at radius 2 is 2.00 bits per heavy atom. The lowest BCUT2D eigenvalue weighted by Gasteiger charge is -2.15. The van der Waals surface area contributed by atoms with E-state index in [1.807, 2.05) is 42.3 Å². The van der Waals surface area contributed by atoms with E-state index in [9.17, 15) is 0 Å². The van der Waals surface area contributed by atoms with Gasteiger partial charge in [0, 0.05) is 13.6 Å². The number of para-hydroxylation sites is 1. The minimum Gasteiger partial charge on any atom is -0.395 e. The number of hydrogen-bond acceptors (Lipinski definition) is 5. The first-order valence-electron chi connectivity index (χ1n) is 6.38. The summed E-state index contributed by atoms with van der Waals surface area (Å²) in [5.74, 6) is 0.721. The molecule has 2 aromatic heterocycles. The zero-order valence-electron chi connectivity index (χ0n) is 11.1. The first kappa shape index (κ1) is 12.6. The highest BCUT2D eigenvalue weighted by atomic mass is 16.3. The van der Waals surface area contributed by atoms with Crippen molar-refractivity contribution in [3.8, 4) is 5.69 Å². The Kier molecular flexibility index (Phi) is 3.30. The largest absolute Gasteiger partial charge is 0.395 e. The van der Waals surface area contributed by atoms with E-state index in [0.29, 0.717) is 6.54 Å². The maximum absolute atomic E-state index is 8.96. The average molecular weight is 269 g/mol. The summed E-state index contributed by atoms with van der Waals surface area (Å²) in [4.78, 5) is 10.8. The van der Waals surface area contributed by atoms with Gasteiger partial charge in [0.2, 0.25) is 0 Å². The average Bonchev–Trinajstić information content (AvgIpc) is 2.91. The standard InChI is InChI=1S/C14H15N5O/c1-18(7-8-20)13-10-15-14-12(17-13)9-16-19(14)11-5-3-2-4-6-11/h2-6,9-10,20H,7-8H2,1H3. The number of aliphatic hydroxyl groups is 1. The van der Waals surface area contributed by atoms with Crippen LogP contribution in [0, 0.1) is 0 Å². The molecule has 102 valence electrons. The summed E-state index contributed by atoms with van der Waals surface area (Å²) in [5.41, 5.74) is 2.40. The van der Waals surface area contributed by atoms with Crippen LogP contribution in [0.5, 0.6) is 0 Å². The van der Waals surface area contributed by atoms with Crippen LogP contribution < -0.4 is 4.90 Å². The van der Waals surface area contributed by atoms with E-state index >= 15 is 0 Å². The van der Waals surface area contributed by atoms with E-state index in [-0.39, 0.29) is 6.61 Å². The van der Waals surface area contributed by atoms with Gasteiger partial charge in [0.1, 0.15) is 11.3 Å². The molecule has 0 aliphatic carbocycles. The third-order valence-electron chi connectivity index (χ3n) is 3.09. The summed E-state index contributed by atoms with van der Waals surface area (Å²) >= 11 is 0. The summed E-state index contributed by atoms with van der Waals surface area (Å²) in [7, 11) is 1.87. The maximum Gasteiger partial charge on any atom is 0.181 e. The lowest BCUT2D eigenvalue weighted by Crippen LogP contribution is -2.22. The molecule has 0 spiro atoms. The zero-order chi connectivity index (χ0) is 13.9. The van der Waals surface area contributed by atoms with E-state index in [2.05, 4.69) is 15.1 Å². The van der Waals surface area contributed by atoms with Crippen LogP contribution in [-0.4, -0.2) is 45.1 Å². The van der Waals surface area contributed by atoms with Gasteiger partial charge < -0.3 is 10.0 Å². The van der Waals surface area contributed by atoms with Gasteiger partial charge in [0.15, 0.2) is 5.65 Å². The normalized spacial score (nSPS) is 10.9. The fourth-order valence-electron chi connectivity index (χ4n) is 2.01. The predicted molar refractivity (Wildman–Crippen MR) is 77.0 cm³/mol. The molecule has 0 aliphatic heterocycles. The van der Waals surface area contributed by atoms with Crippen molar-refractivity contribution in [1.82, 2.24) is 19.7 Å². The predicted octanol–water partition coefficient (Wildman–Crippen LogP) is 1.24. The fraction of sp³-hybridized carbons (Fsp3) is 0.214. The number of likely N-dealkylation sites (N-methyl/N-ethyl adjacent to an activating group) is 1. The van der Waals surface area contributed by atoms with Crippen LogP contribution in [0.15, 0.2) is 42.7 Å². The third kappa shape index (κ3) is 2.21. The quantitative estimate of drug-likeness (QED) is 0.772. The number of benzene rings is 1. The molecule has 3 aromatic rings. The molecule has 6 nitrogen and oxygen atoms in total. The molecule has 0 amide bonds. The molecular formula is C14H15N5O. The molecule has 0 bridgehead atoms. The van der Waals surface area contributed by atoms with Gasteiger partial charge in [-0.05, 0) is 12.1 Å². The van der Waals surface area contributed by atoms with E-state index in [0.717, 1.165) is 22.7 Å². The van der Waals surface area contributed by atoms with Crippen LogP contribution in [0.3, 0.4) is 0 Å². The molecule has 0 saturated heterocycles. The Hall–Kier alpha value is -2.47. The highest BCUT2D eigenvalue weighted by Crippen LogP contribution is 2.17. The summed E-state index contributed by atoms with van der Waals surface area (Å²) in [6.45, 7) is 0.604. The third-order valence-corrected chi connectivity index (χ3v) is 3.09. The molecule has 0 unspecified atom stereocenters. The first-order chi connectivity index (χ1) is 9.79. The van der Waals surface area contributed by atoms with Crippen LogP contribution in [0.1, 0.15) is 0 Å². The Labute approximate surface area is 116 Å². The smallest absolute Gasteiger partial charge is 0.181 e. The number of rotatable bonds is 4. The van der Waals surface area contributed by atoms with Crippen molar-refractivity contribution in [3.05, 3.63) is 42.7 Å². The number of fused-ring (bicyclic) bond motifs is 1. The van der Waals surface area contributed by atoms with Crippen molar-refractivity contribution in [2.45, 2.75) is 0 Å². The first-order valence-corrected chi connectivity index (χ1v) is 6.38. The van der Waals surface area contributed by atoms with E-state index in [1.54, 1.807) is 17.1 Å². The molecule has 20 heavy (non-hydrogen) atoms. The van der Waals surface area contributed by atoms with Crippen LogP contribution in [0.4, 0.5) is 5.82 Å². The molecule has 6 heteroatoms. The van der Waals surface area contributed by atoms with Crippen molar-refractivity contribution < 1.29 is 5.11 Å². The maximum atomic E-state index is 8.96. The van der Waals surface area contributed by atoms with Gasteiger partial charge in [0.25, 0.3) is 0 Å². The van der Waals surface area contributed by atoms with Crippen LogP contribution in [-0.2, 0) is 0 Å². The van der Waals surface area contributed by atoms with Crippen molar-refractivity contribution in [3.63, 3.8) is 0 Å². The van der Waals surface area contributed by atoms with Crippen molar-refractivity contribution in [2.75, 3.05) is 25.1 Å². The topological polar surface area (TPSA) is 67.1 Å². The number of aromatic nitrogens is 4. The second-order valence-corrected chi connectivity index (χ2v) is 4.47. The lowest BCUT2D eigenvalue weighted by atomic mass is 10.3. The van der Waals surface area contributed by atoms with Gasteiger partial charge in [-0.1, -0.05) is 18.2 Å². The number of nitrogens with zero attached hydrogens (tertiary/aromatic N) is 5. The minimum absolute atomic E-state index is 0.0828. The van der Waals surface area contributed by atoms with Gasteiger partial charge in [-0.25, -0.2) is 14.6 Å². The molecule has 2 heterocycles. The molecule has 1 aromatic carbocycles.